The molecule has 0 heterocycles. The predicted octanol–water partition coefficient (Wildman–Crippen LogP) is -0.105. The minimum atomic E-state index is -0.969. The van der Waals surface area contributed by atoms with Gasteiger partial charge < -0.3 is 26.8 Å². The minimum absolute atomic E-state index is 0.228. The van der Waals surface area contributed by atoms with Crippen LogP contribution in [0.5, 0.6) is 0 Å². The first-order chi connectivity index (χ1) is 9.99. The van der Waals surface area contributed by atoms with Crippen molar-refractivity contribution in [2.45, 2.75) is 6.42 Å². The van der Waals surface area contributed by atoms with Gasteiger partial charge in [-0.1, -0.05) is 12.1 Å². The monoisotopic (exact) mass is 294 g/mol. The third kappa shape index (κ3) is 6.81. The molecule has 0 bridgehead atoms. The van der Waals surface area contributed by atoms with E-state index in [-0.39, 0.29) is 24.7 Å². The molecule has 0 aromatic heterocycles. The maximum absolute atomic E-state index is 11.4. The molecule has 8 nitrogen and oxygen atoms in total. The molecule has 0 aliphatic carbocycles. The Morgan fingerprint density at radius 3 is 2.10 bits per heavy atom. The summed E-state index contributed by atoms with van der Waals surface area (Å²) in [7, 11) is 0. The van der Waals surface area contributed by atoms with Crippen LogP contribution in [-0.2, 0) is 6.42 Å². The molecule has 8 heteroatoms. The Kier molecular flexibility index (Phi) is 6.52. The van der Waals surface area contributed by atoms with Crippen molar-refractivity contribution in [1.82, 2.24) is 16.0 Å². The lowest BCUT2D eigenvalue weighted by Crippen LogP contribution is -2.41. The summed E-state index contributed by atoms with van der Waals surface area (Å²) in [6, 6.07) is 5.48. The van der Waals surface area contributed by atoms with Gasteiger partial charge in [-0.25, -0.2) is 14.4 Å². The third-order valence-corrected chi connectivity index (χ3v) is 2.61. The molecule has 0 spiro atoms. The second kappa shape index (κ2) is 8.41. The summed E-state index contributed by atoms with van der Waals surface area (Å²) < 4.78 is 0. The molecule has 0 aliphatic heterocycles. The number of rotatable bonds is 7. The van der Waals surface area contributed by atoms with Crippen LogP contribution >= 0.6 is 0 Å². The number of amides is 4. The van der Waals surface area contributed by atoms with Crippen LogP contribution in [-0.4, -0.2) is 42.8 Å². The second-order valence-corrected chi connectivity index (χ2v) is 4.23. The largest absolute Gasteiger partial charge is 0.478 e. The number of nitrogens with one attached hydrogen (secondary N) is 3. The van der Waals surface area contributed by atoms with E-state index in [2.05, 4.69) is 16.0 Å². The van der Waals surface area contributed by atoms with Crippen molar-refractivity contribution in [1.29, 1.82) is 0 Å². The Bertz CT molecular complexity index is 501. The predicted molar refractivity (Wildman–Crippen MR) is 76.1 cm³/mol. The lowest BCUT2D eigenvalue weighted by atomic mass is 10.1. The van der Waals surface area contributed by atoms with Crippen LogP contribution in [0.4, 0.5) is 9.59 Å². The van der Waals surface area contributed by atoms with E-state index in [1.807, 2.05) is 0 Å². The van der Waals surface area contributed by atoms with Crippen molar-refractivity contribution < 1.29 is 19.5 Å². The van der Waals surface area contributed by atoms with Gasteiger partial charge in [-0.2, -0.15) is 0 Å². The highest BCUT2D eigenvalue weighted by Gasteiger charge is 2.03. The molecule has 21 heavy (non-hydrogen) atoms. The third-order valence-electron chi connectivity index (χ3n) is 2.61. The number of carbonyl (C=O) groups excluding carboxylic acids is 2. The zero-order valence-corrected chi connectivity index (χ0v) is 11.4. The van der Waals surface area contributed by atoms with E-state index in [9.17, 15) is 14.4 Å². The van der Waals surface area contributed by atoms with E-state index in [1.54, 1.807) is 12.1 Å². The number of carboxylic acid groups (broad SMARTS) is 1. The summed E-state index contributed by atoms with van der Waals surface area (Å²) in [5, 5.41) is 16.3. The van der Waals surface area contributed by atoms with Gasteiger partial charge in [0, 0.05) is 19.6 Å². The fraction of sp³-hybridized carbons (Fsp3) is 0.308. The van der Waals surface area contributed by atoms with Crippen molar-refractivity contribution in [3.8, 4) is 0 Å². The highest BCUT2D eigenvalue weighted by Crippen LogP contribution is 2.04. The average Bonchev–Trinajstić information content (AvgIpc) is 2.44. The summed E-state index contributed by atoms with van der Waals surface area (Å²) in [5.41, 5.74) is 6.02. The molecule has 0 saturated heterocycles. The average molecular weight is 294 g/mol. The Balaban J connectivity index is 2.19. The van der Waals surface area contributed by atoms with Gasteiger partial charge in [-0.15, -0.1) is 0 Å². The van der Waals surface area contributed by atoms with Gasteiger partial charge in [0.2, 0.25) is 0 Å². The number of nitrogens with two attached hydrogens (primary N) is 1. The van der Waals surface area contributed by atoms with Gasteiger partial charge in [-0.05, 0) is 24.1 Å². The topological polar surface area (TPSA) is 134 Å². The smallest absolute Gasteiger partial charge is 0.335 e. The van der Waals surface area contributed by atoms with Gasteiger partial charge in [0.05, 0.1) is 5.56 Å². The number of primary amides is 1. The first-order valence-electron chi connectivity index (χ1n) is 6.36. The fourth-order valence-corrected chi connectivity index (χ4v) is 1.56. The second-order valence-electron chi connectivity index (χ2n) is 4.23. The molecular formula is C13H18N4O4. The zero-order valence-electron chi connectivity index (χ0n) is 11.4. The zero-order chi connectivity index (χ0) is 15.7. The molecule has 1 rings (SSSR count). The van der Waals surface area contributed by atoms with Crippen LogP contribution < -0.4 is 21.7 Å². The number of hydrogen-bond donors (Lipinski definition) is 5. The molecule has 0 saturated carbocycles. The Morgan fingerprint density at radius 2 is 1.52 bits per heavy atom. The van der Waals surface area contributed by atoms with Crippen LogP contribution in [0.25, 0.3) is 0 Å². The van der Waals surface area contributed by atoms with Crippen molar-refractivity contribution >= 4 is 18.0 Å². The molecule has 4 amide bonds. The maximum atomic E-state index is 11.4. The van der Waals surface area contributed by atoms with Crippen molar-refractivity contribution in [2.75, 3.05) is 19.6 Å². The first kappa shape index (κ1) is 16.3. The summed E-state index contributed by atoms with van der Waals surface area (Å²) in [6.45, 7) is 0.961. The first-order valence-corrected chi connectivity index (χ1v) is 6.36. The summed E-state index contributed by atoms with van der Waals surface area (Å²) in [4.78, 5) is 32.4. The SMILES string of the molecule is NC(=O)NCCNC(=O)NCCc1ccc(C(=O)O)cc1. The highest BCUT2D eigenvalue weighted by molar-refractivity contribution is 5.87. The molecule has 114 valence electrons. The normalized spacial score (nSPS) is 9.71. The quantitative estimate of drug-likeness (QED) is 0.449. The number of carbonyl (C=O) groups is 3. The van der Waals surface area contributed by atoms with E-state index in [4.69, 9.17) is 10.8 Å². The Morgan fingerprint density at radius 1 is 0.952 bits per heavy atom. The maximum Gasteiger partial charge on any atom is 0.335 e. The van der Waals surface area contributed by atoms with Crippen LogP contribution in [0, 0.1) is 0 Å². The van der Waals surface area contributed by atoms with Gasteiger partial charge in [0.1, 0.15) is 0 Å². The molecule has 0 aliphatic rings. The van der Waals surface area contributed by atoms with Crippen molar-refractivity contribution in [3.63, 3.8) is 0 Å². The van der Waals surface area contributed by atoms with Crippen LogP contribution in [0.3, 0.4) is 0 Å². The van der Waals surface area contributed by atoms with Gasteiger partial charge in [-0.3, -0.25) is 0 Å². The Hall–Kier alpha value is -2.77. The number of urea groups is 2. The number of benzene rings is 1. The summed E-state index contributed by atoms with van der Waals surface area (Å²) >= 11 is 0. The van der Waals surface area contributed by atoms with E-state index < -0.39 is 12.0 Å². The molecule has 6 N–H and O–H groups in total. The fourth-order valence-electron chi connectivity index (χ4n) is 1.56. The van der Waals surface area contributed by atoms with Gasteiger partial charge >= 0.3 is 18.0 Å². The number of carboxylic acids is 1. The summed E-state index contributed by atoms with van der Waals surface area (Å²) in [5.74, 6) is -0.969. The molecule has 0 unspecified atom stereocenters. The minimum Gasteiger partial charge on any atom is -0.478 e. The van der Waals surface area contributed by atoms with Crippen LogP contribution in [0.2, 0.25) is 0 Å². The standard InChI is InChI=1S/C13H18N4O4/c14-12(20)15-7-8-17-13(21)16-6-5-9-1-3-10(4-2-9)11(18)19/h1-4H,5-8H2,(H,18,19)(H3,14,15,20)(H2,16,17,21). The highest BCUT2D eigenvalue weighted by atomic mass is 16.4. The molecule has 1 aromatic rings. The van der Waals surface area contributed by atoms with E-state index in [1.165, 1.54) is 12.1 Å². The van der Waals surface area contributed by atoms with Crippen molar-refractivity contribution in [2.24, 2.45) is 5.73 Å². The van der Waals surface area contributed by atoms with Crippen LogP contribution in [0.15, 0.2) is 24.3 Å². The Labute approximate surface area is 121 Å². The summed E-state index contributed by atoms with van der Waals surface area (Å²) in [6.07, 6.45) is 0.590. The number of aromatic carboxylic acids is 1. The molecule has 0 atom stereocenters. The van der Waals surface area contributed by atoms with E-state index in [0.29, 0.717) is 13.0 Å². The number of hydrogen-bond acceptors (Lipinski definition) is 3. The lowest BCUT2D eigenvalue weighted by molar-refractivity contribution is 0.0697. The molecular weight excluding hydrogens is 276 g/mol. The lowest BCUT2D eigenvalue weighted by Gasteiger charge is -2.08. The van der Waals surface area contributed by atoms with E-state index >= 15 is 0 Å². The van der Waals surface area contributed by atoms with Gasteiger partial charge in [0.25, 0.3) is 0 Å². The van der Waals surface area contributed by atoms with E-state index in [0.717, 1.165) is 5.56 Å². The van der Waals surface area contributed by atoms with Crippen LogP contribution in [0.1, 0.15) is 15.9 Å². The molecule has 1 aromatic carbocycles. The molecule has 0 fully saturated rings. The van der Waals surface area contributed by atoms with Crippen molar-refractivity contribution in [3.05, 3.63) is 35.4 Å². The van der Waals surface area contributed by atoms with Gasteiger partial charge in [0.15, 0.2) is 0 Å². The molecule has 0 radical (unpaired) electrons.